The molecule has 0 bridgehead atoms. The largest absolute Gasteiger partial charge is 0.396 e. The predicted molar refractivity (Wildman–Crippen MR) is 81.9 cm³/mol. The van der Waals surface area contributed by atoms with Crippen LogP contribution in [0, 0.1) is 6.92 Å². The number of carbonyl (C=O) groups is 1. The number of benzene rings is 1. The first-order valence-electron chi connectivity index (χ1n) is 7.37. The summed E-state index contributed by atoms with van der Waals surface area (Å²) >= 11 is 0. The summed E-state index contributed by atoms with van der Waals surface area (Å²) in [6.07, 6.45) is 1.31. The Morgan fingerprint density at radius 1 is 1.36 bits per heavy atom. The highest BCUT2D eigenvalue weighted by Gasteiger charge is 2.12. The van der Waals surface area contributed by atoms with E-state index in [4.69, 9.17) is 5.11 Å². The van der Waals surface area contributed by atoms with Gasteiger partial charge in [-0.2, -0.15) is 4.80 Å². The summed E-state index contributed by atoms with van der Waals surface area (Å²) < 4.78 is 0. The maximum atomic E-state index is 11.9. The van der Waals surface area contributed by atoms with Gasteiger partial charge in [-0.1, -0.05) is 36.8 Å². The van der Waals surface area contributed by atoms with Crippen molar-refractivity contribution in [3.05, 3.63) is 29.8 Å². The Bertz CT molecular complexity index is 609. The number of tetrazole rings is 1. The highest BCUT2D eigenvalue weighted by molar-refractivity contribution is 5.75. The molecule has 7 heteroatoms. The number of nitrogens with one attached hydrogen (secondary N) is 1. The van der Waals surface area contributed by atoms with E-state index >= 15 is 0 Å². The van der Waals surface area contributed by atoms with Crippen LogP contribution in [-0.2, 0) is 11.3 Å². The fourth-order valence-corrected chi connectivity index (χ4v) is 2.06. The van der Waals surface area contributed by atoms with Crippen molar-refractivity contribution in [1.29, 1.82) is 0 Å². The Labute approximate surface area is 129 Å². The second-order valence-corrected chi connectivity index (χ2v) is 5.19. The summed E-state index contributed by atoms with van der Waals surface area (Å²) in [4.78, 5) is 13.2. The van der Waals surface area contributed by atoms with Crippen molar-refractivity contribution in [2.45, 2.75) is 39.3 Å². The molecule has 118 valence electrons. The average molecular weight is 303 g/mol. The molecule has 0 saturated heterocycles. The summed E-state index contributed by atoms with van der Waals surface area (Å²) in [6, 6.07) is 7.76. The van der Waals surface area contributed by atoms with Gasteiger partial charge in [0.25, 0.3) is 0 Å². The van der Waals surface area contributed by atoms with Gasteiger partial charge in [0.2, 0.25) is 11.7 Å². The normalized spacial score (nSPS) is 12.1. The van der Waals surface area contributed by atoms with Gasteiger partial charge >= 0.3 is 0 Å². The number of rotatable bonds is 7. The number of amides is 1. The van der Waals surface area contributed by atoms with E-state index in [0.717, 1.165) is 17.5 Å². The molecule has 1 amide bonds. The van der Waals surface area contributed by atoms with Gasteiger partial charge in [-0.05, 0) is 25.0 Å². The smallest absolute Gasteiger partial charge is 0.243 e. The minimum absolute atomic E-state index is 0.0147. The summed E-state index contributed by atoms with van der Waals surface area (Å²) in [5, 5.41) is 23.9. The quantitative estimate of drug-likeness (QED) is 0.793. The van der Waals surface area contributed by atoms with Crippen LogP contribution in [0.15, 0.2) is 24.3 Å². The van der Waals surface area contributed by atoms with E-state index < -0.39 is 0 Å². The van der Waals surface area contributed by atoms with E-state index in [1.807, 2.05) is 38.1 Å². The van der Waals surface area contributed by atoms with Crippen LogP contribution in [-0.4, -0.2) is 43.9 Å². The third-order valence-corrected chi connectivity index (χ3v) is 3.38. The summed E-state index contributed by atoms with van der Waals surface area (Å²) in [5.41, 5.74) is 2.02. The van der Waals surface area contributed by atoms with E-state index in [0.29, 0.717) is 12.2 Å². The van der Waals surface area contributed by atoms with Crippen LogP contribution < -0.4 is 5.32 Å². The second kappa shape index (κ2) is 7.65. The molecule has 2 N–H and O–H groups in total. The summed E-state index contributed by atoms with van der Waals surface area (Å²) in [6.45, 7) is 4.04. The number of nitrogens with zero attached hydrogens (tertiary/aromatic N) is 4. The number of aromatic nitrogens is 4. The van der Waals surface area contributed by atoms with Crippen LogP contribution >= 0.6 is 0 Å². The van der Waals surface area contributed by atoms with Crippen molar-refractivity contribution in [3.63, 3.8) is 0 Å². The van der Waals surface area contributed by atoms with Crippen LogP contribution in [0.5, 0.6) is 0 Å². The Morgan fingerprint density at radius 3 is 2.73 bits per heavy atom. The van der Waals surface area contributed by atoms with Crippen LogP contribution in [0.4, 0.5) is 0 Å². The van der Waals surface area contributed by atoms with Gasteiger partial charge in [-0.15, -0.1) is 10.2 Å². The minimum Gasteiger partial charge on any atom is -0.396 e. The lowest BCUT2D eigenvalue weighted by atomic mass is 10.1. The molecule has 0 saturated carbocycles. The molecular weight excluding hydrogens is 282 g/mol. The molecular formula is C15H21N5O2. The standard InChI is InChI=1S/C15H21N5O2/c1-3-13(8-9-21)16-14(22)10-20-18-15(17-19-20)12-6-4-11(2)5-7-12/h4-7,13,21H,3,8-10H2,1-2H3,(H,16,22). The minimum atomic E-state index is -0.187. The molecule has 1 aromatic heterocycles. The van der Waals surface area contributed by atoms with Crippen LogP contribution in [0.3, 0.4) is 0 Å². The highest BCUT2D eigenvalue weighted by Crippen LogP contribution is 2.13. The lowest BCUT2D eigenvalue weighted by molar-refractivity contribution is -0.122. The lowest BCUT2D eigenvalue weighted by Crippen LogP contribution is -2.37. The average Bonchev–Trinajstić information content (AvgIpc) is 2.95. The van der Waals surface area contributed by atoms with Crippen molar-refractivity contribution in [1.82, 2.24) is 25.5 Å². The fourth-order valence-electron chi connectivity index (χ4n) is 2.06. The van der Waals surface area contributed by atoms with Gasteiger partial charge in [-0.3, -0.25) is 4.79 Å². The molecule has 0 aliphatic heterocycles. The number of hydrogen-bond donors (Lipinski definition) is 2. The zero-order chi connectivity index (χ0) is 15.9. The molecule has 0 radical (unpaired) electrons. The van der Waals surface area contributed by atoms with Gasteiger partial charge in [0.15, 0.2) is 0 Å². The van der Waals surface area contributed by atoms with E-state index in [1.54, 1.807) is 0 Å². The first-order chi connectivity index (χ1) is 10.6. The van der Waals surface area contributed by atoms with Gasteiger partial charge in [0.1, 0.15) is 6.54 Å². The third-order valence-electron chi connectivity index (χ3n) is 3.38. The second-order valence-electron chi connectivity index (χ2n) is 5.19. The number of carbonyl (C=O) groups excluding carboxylic acids is 1. The van der Waals surface area contributed by atoms with Gasteiger partial charge < -0.3 is 10.4 Å². The van der Waals surface area contributed by atoms with E-state index in [1.165, 1.54) is 4.80 Å². The maximum Gasteiger partial charge on any atom is 0.243 e. The number of aryl methyl sites for hydroxylation is 1. The van der Waals surface area contributed by atoms with E-state index in [9.17, 15) is 4.79 Å². The summed E-state index contributed by atoms with van der Waals surface area (Å²) in [7, 11) is 0. The van der Waals surface area contributed by atoms with Crippen molar-refractivity contribution < 1.29 is 9.90 Å². The van der Waals surface area contributed by atoms with E-state index in [-0.39, 0.29) is 25.1 Å². The summed E-state index contributed by atoms with van der Waals surface area (Å²) in [5.74, 6) is 0.309. The molecule has 2 aromatic rings. The first kappa shape index (κ1) is 16.1. The molecule has 2 rings (SSSR count). The van der Waals surface area contributed by atoms with Crippen molar-refractivity contribution >= 4 is 5.91 Å². The van der Waals surface area contributed by atoms with Crippen LogP contribution in [0.1, 0.15) is 25.3 Å². The van der Waals surface area contributed by atoms with Gasteiger partial charge in [0, 0.05) is 18.2 Å². The Morgan fingerprint density at radius 2 is 2.09 bits per heavy atom. The third kappa shape index (κ3) is 4.36. The van der Waals surface area contributed by atoms with Crippen LogP contribution in [0.2, 0.25) is 0 Å². The molecule has 1 heterocycles. The maximum absolute atomic E-state index is 11.9. The monoisotopic (exact) mass is 303 g/mol. The molecule has 22 heavy (non-hydrogen) atoms. The van der Waals surface area contributed by atoms with Crippen molar-refractivity contribution in [2.24, 2.45) is 0 Å². The molecule has 1 aromatic carbocycles. The van der Waals surface area contributed by atoms with Crippen molar-refractivity contribution in [2.75, 3.05) is 6.61 Å². The molecule has 1 atom stereocenters. The zero-order valence-electron chi connectivity index (χ0n) is 12.9. The topological polar surface area (TPSA) is 92.9 Å². The first-order valence-corrected chi connectivity index (χ1v) is 7.37. The van der Waals surface area contributed by atoms with Gasteiger partial charge in [-0.25, -0.2) is 0 Å². The predicted octanol–water partition coefficient (Wildman–Crippen LogP) is 0.926. The Balaban J connectivity index is 1.97. The Hall–Kier alpha value is -2.28. The molecule has 0 spiro atoms. The molecule has 0 fully saturated rings. The SMILES string of the molecule is CCC(CCO)NC(=O)Cn1nnc(-c2ccc(C)cc2)n1. The van der Waals surface area contributed by atoms with Gasteiger partial charge in [0.05, 0.1) is 0 Å². The van der Waals surface area contributed by atoms with Crippen molar-refractivity contribution in [3.8, 4) is 11.4 Å². The lowest BCUT2D eigenvalue weighted by Gasteiger charge is -2.14. The molecule has 7 nitrogen and oxygen atoms in total. The van der Waals surface area contributed by atoms with E-state index in [2.05, 4.69) is 20.7 Å². The zero-order valence-corrected chi connectivity index (χ0v) is 12.9. The molecule has 0 aliphatic rings. The molecule has 0 aliphatic carbocycles. The molecule has 1 unspecified atom stereocenters. The van der Waals surface area contributed by atoms with Crippen LogP contribution in [0.25, 0.3) is 11.4 Å². The Kier molecular flexibility index (Phi) is 5.60. The highest BCUT2D eigenvalue weighted by atomic mass is 16.3. The fraction of sp³-hybridized carbons (Fsp3) is 0.467. The number of aliphatic hydroxyl groups is 1. The number of hydrogen-bond acceptors (Lipinski definition) is 5. The number of aliphatic hydroxyl groups excluding tert-OH is 1.